The number of carbonyl (C=O) groups is 3. The number of aryl methyl sites for hydroxylation is 1. The smallest absolute Gasteiger partial charge is 0.334 e. The molecule has 1 aromatic rings. The number of aliphatic hydroxyl groups excluding tert-OH is 1. The minimum Gasteiger partial charge on any atom is -0.479 e. The average molecular weight is 266 g/mol. The number of aliphatic carboxylic acids is 1. The molecule has 0 heterocycles. The third-order valence-electron chi connectivity index (χ3n) is 2.26. The second kappa shape index (κ2) is 6.50. The number of rotatable bonds is 4. The number of carboxylic acids is 1. The van der Waals surface area contributed by atoms with Gasteiger partial charge in [-0.05, 0) is 19.1 Å². The Bertz CT molecular complexity index is 483. The lowest BCUT2D eigenvalue weighted by atomic mass is 10.2. The van der Waals surface area contributed by atoms with Crippen molar-refractivity contribution in [2.45, 2.75) is 13.0 Å². The number of carboxylic acid groups (broad SMARTS) is 1. The molecule has 1 atom stereocenters. The number of aliphatic hydroxyl groups is 1. The van der Waals surface area contributed by atoms with E-state index >= 15 is 0 Å². The number of amides is 2. The van der Waals surface area contributed by atoms with Gasteiger partial charge in [0.15, 0.2) is 6.10 Å². The molecule has 0 saturated heterocycles. The largest absolute Gasteiger partial charge is 0.479 e. The minimum absolute atomic E-state index is 0.449. The fraction of sp³-hybridized carbons (Fsp3) is 0.250. The summed E-state index contributed by atoms with van der Waals surface area (Å²) >= 11 is 0. The average Bonchev–Trinajstić information content (AvgIpc) is 2.37. The molecular weight excluding hydrogens is 252 g/mol. The fourth-order valence-corrected chi connectivity index (χ4v) is 1.18. The summed E-state index contributed by atoms with van der Waals surface area (Å²) in [6.07, 6.45) is -1.74. The summed E-state index contributed by atoms with van der Waals surface area (Å²) in [4.78, 5) is 33.0. The fourth-order valence-electron chi connectivity index (χ4n) is 1.18. The highest BCUT2D eigenvalue weighted by Crippen LogP contribution is 2.08. The maximum Gasteiger partial charge on any atom is 0.334 e. The van der Waals surface area contributed by atoms with Gasteiger partial charge in [-0.15, -0.1) is 0 Å². The van der Waals surface area contributed by atoms with E-state index in [1.54, 1.807) is 24.3 Å². The minimum atomic E-state index is -1.74. The van der Waals surface area contributed by atoms with Crippen molar-refractivity contribution in [2.24, 2.45) is 0 Å². The first-order valence-electron chi connectivity index (χ1n) is 5.47. The summed E-state index contributed by atoms with van der Waals surface area (Å²) in [5, 5.41) is 21.7. The number of nitrogens with one attached hydrogen (secondary N) is 2. The highest BCUT2D eigenvalue weighted by Gasteiger charge is 2.18. The van der Waals surface area contributed by atoms with E-state index in [0.29, 0.717) is 5.69 Å². The molecule has 0 spiro atoms. The third kappa shape index (κ3) is 4.76. The van der Waals surface area contributed by atoms with Gasteiger partial charge in [0.25, 0.3) is 0 Å². The first-order chi connectivity index (χ1) is 8.90. The van der Waals surface area contributed by atoms with Crippen LogP contribution in [-0.4, -0.2) is 40.6 Å². The molecule has 0 aliphatic heterocycles. The van der Waals surface area contributed by atoms with Crippen molar-refractivity contribution in [1.29, 1.82) is 0 Å². The molecule has 7 nitrogen and oxygen atoms in total. The van der Waals surface area contributed by atoms with E-state index in [1.165, 1.54) is 0 Å². The van der Waals surface area contributed by atoms with E-state index in [9.17, 15) is 14.4 Å². The monoisotopic (exact) mass is 266 g/mol. The van der Waals surface area contributed by atoms with Gasteiger partial charge in [-0.2, -0.15) is 0 Å². The number of benzene rings is 1. The molecule has 102 valence electrons. The van der Waals surface area contributed by atoms with E-state index in [4.69, 9.17) is 10.2 Å². The summed E-state index contributed by atoms with van der Waals surface area (Å²) in [6.45, 7) is 1.35. The second-order valence-electron chi connectivity index (χ2n) is 3.88. The van der Waals surface area contributed by atoms with Crippen LogP contribution in [0, 0.1) is 6.92 Å². The Morgan fingerprint density at radius 1 is 1.16 bits per heavy atom. The molecule has 4 N–H and O–H groups in total. The number of hydrogen-bond donors (Lipinski definition) is 4. The molecule has 0 bridgehead atoms. The van der Waals surface area contributed by atoms with Crippen LogP contribution < -0.4 is 10.6 Å². The topological polar surface area (TPSA) is 116 Å². The molecule has 0 aromatic heterocycles. The number of hydrogen-bond acceptors (Lipinski definition) is 4. The van der Waals surface area contributed by atoms with E-state index in [0.717, 1.165) is 5.56 Å². The van der Waals surface area contributed by atoms with Gasteiger partial charge in [0.1, 0.15) is 0 Å². The van der Waals surface area contributed by atoms with Crippen LogP contribution in [-0.2, 0) is 14.4 Å². The zero-order valence-corrected chi connectivity index (χ0v) is 10.2. The van der Waals surface area contributed by atoms with Gasteiger partial charge in [0, 0.05) is 5.69 Å². The highest BCUT2D eigenvalue weighted by atomic mass is 16.4. The van der Waals surface area contributed by atoms with Crippen molar-refractivity contribution in [3.8, 4) is 0 Å². The molecular formula is C12H14N2O5. The lowest BCUT2D eigenvalue weighted by Gasteiger charge is -2.08. The molecule has 0 fully saturated rings. The molecule has 0 saturated carbocycles. The van der Waals surface area contributed by atoms with E-state index in [1.807, 2.05) is 12.2 Å². The third-order valence-corrected chi connectivity index (χ3v) is 2.26. The molecule has 19 heavy (non-hydrogen) atoms. The normalized spacial score (nSPS) is 11.5. The van der Waals surface area contributed by atoms with E-state index in [-0.39, 0.29) is 0 Å². The Morgan fingerprint density at radius 2 is 1.74 bits per heavy atom. The number of anilines is 1. The summed E-state index contributed by atoms with van der Waals surface area (Å²) in [6, 6.07) is 6.79. The Labute approximate surface area is 109 Å². The van der Waals surface area contributed by atoms with Crippen molar-refractivity contribution in [1.82, 2.24) is 5.32 Å². The van der Waals surface area contributed by atoms with Gasteiger partial charge in [-0.1, -0.05) is 17.7 Å². The van der Waals surface area contributed by atoms with Gasteiger partial charge in [-0.3, -0.25) is 9.59 Å². The van der Waals surface area contributed by atoms with Crippen molar-refractivity contribution in [3.63, 3.8) is 0 Å². The predicted octanol–water partition coefficient (Wildman–Crippen LogP) is -0.505. The Balaban J connectivity index is 2.47. The number of carbonyl (C=O) groups excluding carboxylic acids is 2. The van der Waals surface area contributed by atoms with Crippen LogP contribution >= 0.6 is 0 Å². The molecule has 0 aliphatic carbocycles. The maximum atomic E-state index is 11.4. The highest BCUT2D eigenvalue weighted by molar-refractivity contribution is 6.39. The van der Waals surface area contributed by atoms with Crippen LogP contribution in [0.2, 0.25) is 0 Å². The first kappa shape index (κ1) is 14.7. The van der Waals surface area contributed by atoms with Crippen molar-refractivity contribution in [3.05, 3.63) is 29.8 Å². The Kier molecular flexibility index (Phi) is 5.01. The summed E-state index contributed by atoms with van der Waals surface area (Å²) in [7, 11) is 0. The van der Waals surface area contributed by atoms with Crippen LogP contribution in [0.15, 0.2) is 24.3 Å². The van der Waals surface area contributed by atoms with Gasteiger partial charge in [0.2, 0.25) is 0 Å². The lowest BCUT2D eigenvalue weighted by Crippen LogP contribution is -2.41. The van der Waals surface area contributed by atoms with Gasteiger partial charge >= 0.3 is 17.8 Å². The quantitative estimate of drug-likeness (QED) is 0.548. The molecule has 7 heteroatoms. The lowest BCUT2D eigenvalue weighted by molar-refractivity contribution is -0.147. The Hall–Kier alpha value is -2.41. The molecule has 1 rings (SSSR count). The summed E-state index contributed by atoms with van der Waals surface area (Å²) in [5.74, 6) is -3.42. The Morgan fingerprint density at radius 3 is 2.26 bits per heavy atom. The summed E-state index contributed by atoms with van der Waals surface area (Å²) < 4.78 is 0. The van der Waals surface area contributed by atoms with Crippen molar-refractivity contribution in [2.75, 3.05) is 11.9 Å². The van der Waals surface area contributed by atoms with Crippen LogP contribution in [0.1, 0.15) is 5.56 Å². The zero-order chi connectivity index (χ0) is 14.4. The first-order valence-corrected chi connectivity index (χ1v) is 5.47. The summed E-state index contributed by atoms with van der Waals surface area (Å²) in [5.41, 5.74) is 1.46. The van der Waals surface area contributed by atoms with Gasteiger partial charge < -0.3 is 20.8 Å². The van der Waals surface area contributed by atoms with Crippen LogP contribution in [0.5, 0.6) is 0 Å². The zero-order valence-electron chi connectivity index (χ0n) is 10.2. The predicted molar refractivity (Wildman–Crippen MR) is 66.5 cm³/mol. The van der Waals surface area contributed by atoms with Crippen molar-refractivity contribution >= 4 is 23.5 Å². The standard InChI is InChI=1S/C12H14N2O5/c1-7-2-4-8(5-3-7)14-11(17)10(16)13-6-9(15)12(18)19/h2-5,9,15H,6H2,1H3,(H,13,16)(H,14,17)(H,18,19). The molecule has 2 amide bonds. The van der Waals surface area contributed by atoms with Crippen LogP contribution in [0.3, 0.4) is 0 Å². The van der Waals surface area contributed by atoms with Gasteiger partial charge in [0.05, 0.1) is 6.54 Å². The molecule has 1 unspecified atom stereocenters. The molecule has 0 radical (unpaired) electrons. The SMILES string of the molecule is Cc1ccc(NC(=O)C(=O)NCC(O)C(=O)O)cc1. The van der Waals surface area contributed by atoms with Crippen LogP contribution in [0.25, 0.3) is 0 Å². The van der Waals surface area contributed by atoms with Gasteiger partial charge in [-0.25, -0.2) is 4.79 Å². The molecule has 1 aromatic carbocycles. The maximum absolute atomic E-state index is 11.4. The second-order valence-corrected chi connectivity index (χ2v) is 3.88. The van der Waals surface area contributed by atoms with Crippen molar-refractivity contribution < 1.29 is 24.6 Å². The molecule has 0 aliphatic rings. The van der Waals surface area contributed by atoms with Crippen LogP contribution in [0.4, 0.5) is 5.69 Å². The van der Waals surface area contributed by atoms with E-state index in [2.05, 4.69) is 5.32 Å². The van der Waals surface area contributed by atoms with E-state index < -0.39 is 30.4 Å².